The van der Waals surface area contributed by atoms with Crippen LogP contribution in [0.1, 0.15) is 5.56 Å². The number of nitrogens with zero attached hydrogens (tertiary/aromatic N) is 9. The molecule has 0 atom stereocenters. The van der Waals surface area contributed by atoms with Gasteiger partial charge in [-0.25, -0.2) is 9.83 Å². The van der Waals surface area contributed by atoms with Crippen LogP contribution in [-0.4, -0.2) is 24.1 Å². The number of para-hydroxylation sites is 6. The van der Waals surface area contributed by atoms with Gasteiger partial charge in [-0.3, -0.25) is 4.57 Å². The largest absolute Gasteiger partial charge is 0.310 e. The number of hydrogen-bond donors (Lipinski definition) is 0. The summed E-state index contributed by atoms with van der Waals surface area (Å²) in [4.78, 5) is 23.8. The first-order valence-corrected chi connectivity index (χ1v) is 26.4. The second-order valence-corrected chi connectivity index (χ2v) is 19.5. The molecule has 0 radical (unpaired) electrons. The number of aromatic nitrogens is 5. The Morgan fingerprint density at radius 3 is 1.21 bits per heavy atom. The molecule has 0 unspecified atom stereocenters. The van der Waals surface area contributed by atoms with Gasteiger partial charge in [0.2, 0.25) is 5.95 Å². The van der Waals surface area contributed by atoms with Crippen LogP contribution in [0.2, 0.25) is 0 Å². The molecule has 0 fully saturated rings. The lowest BCUT2D eigenvalue weighted by Gasteiger charge is -2.26. The van der Waals surface area contributed by atoms with Gasteiger partial charge in [-0.2, -0.15) is 15.2 Å². The van der Waals surface area contributed by atoms with Crippen molar-refractivity contribution in [2.75, 3.05) is 9.80 Å². The second kappa shape index (κ2) is 20.0. The average molecular weight is 1020 g/mol. The van der Waals surface area contributed by atoms with Crippen LogP contribution in [0.25, 0.3) is 94.0 Å². The Kier molecular flexibility index (Phi) is 11.7. The molecule has 0 aliphatic carbocycles. The number of rotatable bonds is 11. The van der Waals surface area contributed by atoms with Crippen LogP contribution in [0.4, 0.5) is 39.8 Å². The molecule has 9 heteroatoms. The highest BCUT2D eigenvalue weighted by Gasteiger charge is 2.23. The highest BCUT2D eigenvalue weighted by Crippen LogP contribution is 2.44. The topological polar surface area (TPSA) is 83.2 Å². The molecule has 0 saturated heterocycles. The van der Waals surface area contributed by atoms with Crippen LogP contribution in [0.5, 0.6) is 0 Å². The van der Waals surface area contributed by atoms with Gasteiger partial charge < -0.3 is 14.4 Å². The maximum Gasteiger partial charge on any atom is 0.238 e. The Morgan fingerprint density at radius 1 is 0.350 bits per heavy atom. The Bertz CT molecular complexity index is 4440. The van der Waals surface area contributed by atoms with Gasteiger partial charge in [0, 0.05) is 66.8 Å². The van der Waals surface area contributed by atoms with Crippen molar-refractivity contribution in [1.82, 2.24) is 24.1 Å². The molecule has 3 aromatic heterocycles. The number of benzene rings is 11. The minimum Gasteiger partial charge on any atom is -0.310 e. The van der Waals surface area contributed by atoms with E-state index in [1.165, 1.54) is 0 Å². The third kappa shape index (κ3) is 8.32. The van der Waals surface area contributed by atoms with Crippen molar-refractivity contribution in [2.24, 2.45) is 0 Å². The standard InChI is InChI=1S/C71H45N9/c1-73-53-37-34-49(35-38-53)48-30-32-50(33-31-48)69-74-70(76-71(75-69)80-65-28-16-14-26-60(65)61-27-15-17-29-66(61)80)51-36-41-64(52(44-51)47-72)79-67-42-39-58(77(54-18-6-2-7-19-54)55-20-8-3-9-21-55)45-62(67)63-46-59(40-43-68(63)79)78(56-22-10-4-11-23-56)57-24-12-5-13-25-57/h2-46H. The maximum absolute atomic E-state index is 11.3. The Balaban J connectivity index is 0.955. The van der Waals surface area contributed by atoms with Gasteiger partial charge >= 0.3 is 0 Å². The van der Waals surface area contributed by atoms with E-state index in [1.807, 2.05) is 115 Å². The van der Waals surface area contributed by atoms with E-state index in [1.54, 1.807) is 0 Å². The van der Waals surface area contributed by atoms with Gasteiger partial charge in [-0.05, 0) is 126 Å². The zero-order valence-electron chi connectivity index (χ0n) is 43.0. The lowest BCUT2D eigenvalue weighted by molar-refractivity contribution is 0.953. The molecule has 0 amide bonds. The molecule has 0 saturated carbocycles. The van der Waals surface area contributed by atoms with Crippen molar-refractivity contribution in [2.45, 2.75) is 0 Å². The molecule has 0 bridgehead atoms. The summed E-state index contributed by atoms with van der Waals surface area (Å²) in [5, 5.41) is 15.6. The summed E-state index contributed by atoms with van der Waals surface area (Å²) in [6, 6.07) is 95.9. The highest BCUT2D eigenvalue weighted by atomic mass is 15.2. The molecule has 0 aliphatic heterocycles. The van der Waals surface area contributed by atoms with E-state index in [2.05, 4.69) is 188 Å². The maximum atomic E-state index is 11.3. The summed E-state index contributed by atoms with van der Waals surface area (Å²) >= 11 is 0. The molecular weight excluding hydrogens is 979 g/mol. The number of nitriles is 1. The molecule has 0 aliphatic rings. The Labute approximate surface area is 461 Å². The van der Waals surface area contributed by atoms with Crippen molar-refractivity contribution in [1.29, 1.82) is 5.26 Å². The first-order valence-electron chi connectivity index (χ1n) is 26.4. The van der Waals surface area contributed by atoms with E-state index in [9.17, 15) is 5.26 Å². The molecule has 0 spiro atoms. The Hall–Kier alpha value is -11.4. The first kappa shape index (κ1) is 47.1. The predicted molar refractivity (Wildman–Crippen MR) is 325 cm³/mol. The van der Waals surface area contributed by atoms with Gasteiger partial charge in [-0.1, -0.05) is 158 Å². The highest BCUT2D eigenvalue weighted by molar-refractivity contribution is 6.12. The van der Waals surface area contributed by atoms with Gasteiger partial charge in [-0.15, -0.1) is 0 Å². The lowest BCUT2D eigenvalue weighted by Crippen LogP contribution is -2.09. The van der Waals surface area contributed by atoms with Gasteiger partial charge in [0.15, 0.2) is 17.3 Å². The van der Waals surface area contributed by atoms with E-state index in [0.29, 0.717) is 34.4 Å². The third-order valence-corrected chi connectivity index (χ3v) is 14.8. The minimum atomic E-state index is 0.425. The minimum absolute atomic E-state index is 0.425. The SMILES string of the molecule is [C-]#[N+]c1ccc(-c2ccc(-c3nc(-c4ccc(-n5c6ccc(N(c7ccccc7)c7ccccc7)cc6c6cc(N(c7ccccc7)c7ccccc7)ccc65)c(C#N)c4)nc(-n4c5ccccc5c5ccccc54)n3)cc2)cc1. The fraction of sp³-hybridized carbons (Fsp3) is 0. The van der Waals surface area contributed by atoms with Crippen LogP contribution in [0.3, 0.4) is 0 Å². The zero-order chi connectivity index (χ0) is 53.5. The number of anilines is 6. The lowest BCUT2D eigenvalue weighted by atomic mass is 10.0. The van der Waals surface area contributed by atoms with Gasteiger partial charge in [0.25, 0.3) is 0 Å². The fourth-order valence-electron chi connectivity index (χ4n) is 11.1. The summed E-state index contributed by atoms with van der Waals surface area (Å²) in [7, 11) is 0. The molecule has 3 heterocycles. The molecule has 9 nitrogen and oxygen atoms in total. The van der Waals surface area contributed by atoms with Gasteiger partial charge in [0.1, 0.15) is 6.07 Å². The second-order valence-electron chi connectivity index (χ2n) is 19.5. The molecule has 14 aromatic rings. The average Bonchev–Trinajstić information content (AvgIpc) is 4.27. The predicted octanol–water partition coefficient (Wildman–Crippen LogP) is 18.4. The molecule has 14 rings (SSSR count). The number of fused-ring (bicyclic) bond motifs is 6. The van der Waals surface area contributed by atoms with E-state index >= 15 is 0 Å². The summed E-state index contributed by atoms with van der Waals surface area (Å²) in [5.41, 5.74) is 15.2. The smallest absolute Gasteiger partial charge is 0.238 e. The third-order valence-electron chi connectivity index (χ3n) is 14.8. The van der Waals surface area contributed by atoms with Crippen LogP contribution >= 0.6 is 0 Å². The van der Waals surface area contributed by atoms with Crippen molar-refractivity contribution >= 4 is 83.4 Å². The van der Waals surface area contributed by atoms with E-state index in [-0.39, 0.29) is 0 Å². The van der Waals surface area contributed by atoms with E-state index in [4.69, 9.17) is 21.5 Å². The van der Waals surface area contributed by atoms with Crippen LogP contribution < -0.4 is 9.80 Å². The van der Waals surface area contributed by atoms with Crippen molar-refractivity contribution < 1.29 is 0 Å². The Morgan fingerprint density at radius 2 is 0.750 bits per heavy atom. The van der Waals surface area contributed by atoms with Crippen molar-refractivity contribution in [3.8, 4) is 51.6 Å². The van der Waals surface area contributed by atoms with E-state index < -0.39 is 0 Å². The molecule has 80 heavy (non-hydrogen) atoms. The van der Waals surface area contributed by atoms with Crippen LogP contribution in [-0.2, 0) is 0 Å². The van der Waals surface area contributed by atoms with Crippen LogP contribution in [0, 0.1) is 17.9 Å². The van der Waals surface area contributed by atoms with Gasteiger partial charge in [0.05, 0.1) is 39.9 Å². The number of hydrogen-bond acceptors (Lipinski definition) is 6. The quantitative estimate of drug-likeness (QED) is 0.120. The normalized spacial score (nSPS) is 11.2. The van der Waals surface area contributed by atoms with Crippen LogP contribution in [0.15, 0.2) is 273 Å². The first-order chi connectivity index (χ1) is 39.6. The summed E-state index contributed by atoms with van der Waals surface area (Å²) in [6.45, 7) is 7.42. The molecule has 374 valence electrons. The molecule has 0 N–H and O–H groups in total. The summed E-state index contributed by atoms with van der Waals surface area (Å²) < 4.78 is 4.31. The van der Waals surface area contributed by atoms with Crippen molar-refractivity contribution in [3.63, 3.8) is 0 Å². The monoisotopic (exact) mass is 1020 g/mol. The van der Waals surface area contributed by atoms with Crippen molar-refractivity contribution in [3.05, 3.63) is 290 Å². The molecule has 11 aromatic carbocycles. The molecular formula is C71H45N9. The summed E-state index contributed by atoms with van der Waals surface area (Å²) in [5.74, 6) is 1.37. The fourth-order valence-corrected chi connectivity index (χ4v) is 11.1. The van der Waals surface area contributed by atoms with E-state index in [0.717, 1.165) is 100 Å². The zero-order valence-corrected chi connectivity index (χ0v) is 43.0. The summed E-state index contributed by atoms with van der Waals surface area (Å²) in [6.07, 6.45) is 0.